The molecule has 0 bridgehead atoms. The standard InChI is InChI=1S/C31H32N2/c1-20(19-28-21(2)33-31-27(28)17-10-18-32-31)29-23-13-6-8-15-25(23)30(22-11-4-3-5-12-22)26-16-9-7-14-24(26)29/h3-19,21,23-26,28-30H,1-2H3,(H,32,33)/b20-19+/t21?,23-,24?,25?,26?,28?,29?,30?/m1/s1. The predicted octanol–water partition coefficient (Wildman–Crippen LogP) is 7.06. The first-order valence-electron chi connectivity index (χ1n) is 12.4. The van der Waals surface area contributed by atoms with Gasteiger partial charge in [-0.2, -0.15) is 0 Å². The molecule has 2 heteroatoms. The van der Waals surface area contributed by atoms with E-state index in [2.05, 4.69) is 121 Å². The van der Waals surface area contributed by atoms with Crippen molar-refractivity contribution >= 4 is 5.82 Å². The number of aromatic nitrogens is 1. The van der Waals surface area contributed by atoms with Crippen LogP contribution in [0.15, 0.2) is 109 Å². The lowest BCUT2D eigenvalue weighted by atomic mass is 9.52. The SMILES string of the molecule is C/C(=C\C1c2cccnc2NC1C)C1C2C=CC=CC2C(c2ccccc2)C2C=CC=C[C@H]21. The summed E-state index contributed by atoms with van der Waals surface area (Å²) in [7, 11) is 0. The van der Waals surface area contributed by atoms with E-state index in [0.717, 1.165) is 5.82 Å². The number of benzene rings is 1. The number of anilines is 1. The van der Waals surface area contributed by atoms with Gasteiger partial charge in [-0.1, -0.05) is 96.7 Å². The Morgan fingerprint density at radius 3 is 2.12 bits per heavy atom. The van der Waals surface area contributed by atoms with Gasteiger partial charge in [0.25, 0.3) is 0 Å². The van der Waals surface area contributed by atoms with Crippen molar-refractivity contribution in [3.63, 3.8) is 0 Å². The highest BCUT2D eigenvalue weighted by Gasteiger charge is 2.48. The van der Waals surface area contributed by atoms with E-state index in [1.165, 1.54) is 16.7 Å². The summed E-state index contributed by atoms with van der Waals surface area (Å²) in [6.07, 6.45) is 23.4. The van der Waals surface area contributed by atoms with Crippen molar-refractivity contribution in [3.8, 4) is 0 Å². The van der Waals surface area contributed by atoms with E-state index >= 15 is 0 Å². The molecule has 0 spiro atoms. The molecule has 2 heterocycles. The molecule has 1 aliphatic heterocycles. The molecule has 8 atom stereocenters. The van der Waals surface area contributed by atoms with Gasteiger partial charge in [0.2, 0.25) is 0 Å². The summed E-state index contributed by atoms with van der Waals surface area (Å²) < 4.78 is 0. The maximum atomic E-state index is 4.57. The molecule has 1 N–H and O–H groups in total. The molecule has 4 aliphatic rings. The van der Waals surface area contributed by atoms with Gasteiger partial charge in [0, 0.05) is 23.7 Å². The van der Waals surface area contributed by atoms with Crippen molar-refractivity contribution in [1.29, 1.82) is 0 Å². The number of fused-ring (bicyclic) bond motifs is 3. The molecule has 0 amide bonds. The third-order valence-corrected chi connectivity index (χ3v) is 8.36. The van der Waals surface area contributed by atoms with Gasteiger partial charge in [-0.05, 0) is 61.0 Å². The molecule has 33 heavy (non-hydrogen) atoms. The highest BCUT2D eigenvalue weighted by molar-refractivity contribution is 5.55. The van der Waals surface area contributed by atoms with Crippen LogP contribution in [0, 0.1) is 29.6 Å². The van der Waals surface area contributed by atoms with Crippen molar-refractivity contribution in [2.75, 3.05) is 5.32 Å². The molecule has 1 aromatic heterocycles. The van der Waals surface area contributed by atoms with Crippen LogP contribution in [0.5, 0.6) is 0 Å². The highest BCUT2D eigenvalue weighted by atomic mass is 15.0. The second-order valence-electron chi connectivity index (χ2n) is 10.1. The van der Waals surface area contributed by atoms with Crippen molar-refractivity contribution < 1.29 is 0 Å². The number of pyridine rings is 1. The minimum atomic E-state index is 0.362. The zero-order valence-corrected chi connectivity index (χ0v) is 19.4. The van der Waals surface area contributed by atoms with E-state index in [0.29, 0.717) is 47.5 Å². The maximum Gasteiger partial charge on any atom is 0.130 e. The van der Waals surface area contributed by atoms with Crippen molar-refractivity contribution in [3.05, 3.63) is 120 Å². The average molecular weight is 433 g/mol. The fourth-order valence-corrected chi connectivity index (χ4v) is 6.97. The van der Waals surface area contributed by atoms with E-state index in [9.17, 15) is 0 Å². The minimum Gasteiger partial charge on any atom is -0.366 e. The molecule has 6 rings (SSSR count). The Bertz CT molecular complexity index is 1130. The van der Waals surface area contributed by atoms with Crippen LogP contribution < -0.4 is 5.32 Å². The van der Waals surface area contributed by atoms with Gasteiger partial charge in [0.05, 0.1) is 0 Å². The molecular formula is C31H32N2. The summed E-state index contributed by atoms with van der Waals surface area (Å²) in [5.41, 5.74) is 4.31. The number of rotatable bonds is 3. The van der Waals surface area contributed by atoms with Crippen LogP contribution in [-0.4, -0.2) is 11.0 Å². The first-order chi connectivity index (χ1) is 16.2. The normalized spacial score (nSPS) is 36.1. The molecule has 1 fully saturated rings. The second-order valence-corrected chi connectivity index (χ2v) is 10.1. The maximum absolute atomic E-state index is 4.57. The van der Waals surface area contributed by atoms with Gasteiger partial charge in [-0.25, -0.2) is 4.98 Å². The van der Waals surface area contributed by atoms with Crippen molar-refractivity contribution in [2.45, 2.75) is 31.7 Å². The largest absolute Gasteiger partial charge is 0.366 e. The van der Waals surface area contributed by atoms with E-state index < -0.39 is 0 Å². The smallest absolute Gasteiger partial charge is 0.130 e. The molecule has 1 aromatic carbocycles. The Morgan fingerprint density at radius 2 is 1.45 bits per heavy atom. The fraction of sp³-hybridized carbons (Fsp3) is 0.323. The van der Waals surface area contributed by atoms with Gasteiger partial charge in [0.1, 0.15) is 5.82 Å². The number of hydrogen-bond acceptors (Lipinski definition) is 2. The molecule has 3 aliphatic carbocycles. The molecule has 2 aromatic rings. The molecular weight excluding hydrogens is 400 g/mol. The predicted molar refractivity (Wildman–Crippen MR) is 137 cm³/mol. The van der Waals surface area contributed by atoms with E-state index in [1.807, 2.05) is 6.20 Å². The molecule has 0 radical (unpaired) electrons. The fourth-order valence-electron chi connectivity index (χ4n) is 6.97. The van der Waals surface area contributed by atoms with Crippen molar-refractivity contribution in [2.24, 2.45) is 29.6 Å². The Hall–Kier alpha value is -3.13. The number of nitrogens with one attached hydrogen (secondary N) is 1. The average Bonchev–Trinajstić information content (AvgIpc) is 3.17. The van der Waals surface area contributed by atoms with E-state index in [-0.39, 0.29) is 0 Å². The van der Waals surface area contributed by atoms with Crippen LogP contribution in [0.25, 0.3) is 0 Å². The Balaban J connectivity index is 1.42. The van der Waals surface area contributed by atoms with Crippen LogP contribution >= 0.6 is 0 Å². The molecule has 166 valence electrons. The van der Waals surface area contributed by atoms with E-state index in [4.69, 9.17) is 0 Å². The van der Waals surface area contributed by atoms with Crippen LogP contribution in [0.1, 0.15) is 36.8 Å². The van der Waals surface area contributed by atoms with Crippen LogP contribution in [0.4, 0.5) is 5.82 Å². The first kappa shape index (κ1) is 20.5. The first-order valence-corrected chi connectivity index (χ1v) is 12.4. The van der Waals surface area contributed by atoms with Crippen LogP contribution in [0.2, 0.25) is 0 Å². The zero-order chi connectivity index (χ0) is 22.4. The van der Waals surface area contributed by atoms with Crippen LogP contribution in [0.3, 0.4) is 0 Å². The topological polar surface area (TPSA) is 24.9 Å². The lowest BCUT2D eigenvalue weighted by molar-refractivity contribution is 0.131. The van der Waals surface area contributed by atoms with Crippen molar-refractivity contribution in [1.82, 2.24) is 4.98 Å². The summed E-state index contributed by atoms with van der Waals surface area (Å²) >= 11 is 0. The summed E-state index contributed by atoms with van der Waals surface area (Å²) in [6.45, 7) is 4.65. The van der Waals surface area contributed by atoms with Gasteiger partial charge in [0.15, 0.2) is 0 Å². The Labute approximate surface area is 197 Å². The molecule has 7 unspecified atom stereocenters. The monoisotopic (exact) mass is 432 g/mol. The quantitative estimate of drug-likeness (QED) is 0.525. The number of hydrogen-bond donors (Lipinski definition) is 1. The summed E-state index contributed by atoms with van der Waals surface area (Å²) in [5, 5.41) is 3.59. The van der Waals surface area contributed by atoms with Gasteiger partial charge in [-0.3, -0.25) is 0 Å². The van der Waals surface area contributed by atoms with Gasteiger partial charge < -0.3 is 5.32 Å². The Kier molecular flexibility index (Phi) is 5.17. The highest BCUT2D eigenvalue weighted by Crippen LogP contribution is 2.56. The van der Waals surface area contributed by atoms with E-state index in [1.54, 1.807) is 0 Å². The van der Waals surface area contributed by atoms with Gasteiger partial charge in [-0.15, -0.1) is 0 Å². The molecule has 1 saturated carbocycles. The third-order valence-electron chi connectivity index (χ3n) is 8.36. The number of allylic oxidation sites excluding steroid dienone is 9. The lowest BCUT2D eigenvalue weighted by Gasteiger charge is -2.51. The zero-order valence-electron chi connectivity index (χ0n) is 19.4. The molecule has 0 saturated heterocycles. The summed E-state index contributed by atoms with van der Waals surface area (Å²) in [5.74, 6) is 4.44. The minimum absolute atomic E-state index is 0.362. The number of nitrogens with zero attached hydrogens (tertiary/aromatic N) is 1. The second kappa shape index (κ2) is 8.33. The Morgan fingerprint density at radius 1 is 0.818 bits per heavy atom. The summed E-state index contributed by atoms with van der Waals surface area (Å²) in [6, 6.07) is 15.8. The molecule has 2 nitrogen and oxygen atoms in total. The third kappa shape index (κ3) is 3.44. The lowest BCUT2D eigenvalue weighted by Crippen LogP contribution is -2.44. The van der Waals surface area contributed by atoms with Crippen LogP contribution in [-0.2, 0) is 0 Å². The van der Waals surface area contributed by atoms with Gasteiger partial charge >= 0.3 is 0 Å². The summed E-state index contributed by atoms with van der Waals surface area (Å²) in [4.78, 5) is 4.57.